The van der Waals surface area contributed by atoms with Crippen LogP contribution in [0.15, 0.2) is 66.7 Å². The van der Waals surface area contributed by atoms with Crippen LogP contribution in [0.1, 0.15) is 54.9 Å². The van der Waals surface area contributed by atoms with Crippen molar-refractivity contribution < 1.29 is 45.1 Å². The van der Waals surface area contributed by atoms with Crippen molar-refractivity contribution in [1.29, 1.82) is 0 Å². The van der Waals surface area contributed by atoms with Crippen LogP contribution in [-0.4, -0.2) is 24.3 Å². The number of ether oxygens (including phenoxy) is 1. The molecule has 1 fully saturated rings. The minimum atomic E-state index is -5.22. The van der Waals surface area contributed by atoms with Gasteiger partial charge >= 0.3 is 18.6 Å². The van der Waals surface area contributed by atoms with Gasteiger partial charge in [-0.05, 0) is 59.9 Å². The molecule has 6 nitrogen and oxygen atoms in total. The first kappa shape index (κ1) is 31.6. The summed E-state index contributed by atoms with van der Waals surface area (Å²) in [6.45, 7) is 1.06. The molecule has 0 aromatic heterocycles. The predicted octanol–water partition coefficient (Wildman–Crippen LogP) is 7.43. The Kier molecular flexibility index (Phi) is 9.21. The topological polar surface area (TPSA) is 79.5 Å². The summed E-state index contributed by atoms with van der Waals surface area (Å²) in [6, 6.07) is 12.0. The zero-order chi connectivity index (χ0) is 31.4. The van der Waals surface area contributed by atoms with Crippen molar-refractivity contribution in [3.63, 3.8) is 0 Å². The fraction of sp³-hybridized carbons (Fsp3) is 0.333. The van der Waals surface area contributed by atoms with Gasteiger partial charge in [0, 0.05) is 19.4 Å². The van der Waals surface area contributed by atoms with E-state index in [9.17, 15) is 40.3 Å². The van der Waals surface area contributed by atoms with Crippen molar-refractivity contribution in [2.45, 2.75) is 63.1 Å². The third-order valence-electron chi connectivity index (χ3n) is 7.06. The molecule has 13 heteroatoms. The van der Waals surface area contributed by atoms with Crippen molar-refractivity contribution >= 4 is 17.6 Å². The maximum Gasteiger partial charge on any atom is 0.573 e. The fourth-order valence-corrected chi connectivity index (χ4v) is 5.24. The number of alkyl halides is 6. The van der Waals surface area contributed by atoms with E-state index >= 15 is 0 Å². The lowest BCUT2D eigenvalue weighted by molar-refractivity contribution is -0.274. The zero-order valence-corrected chi connectivity index (χ0v) is 22.8. The highest BCUT2D eigenvalue weighted by molar-refractivity contribution is 5.90. The molecule has 0 bridgehead atoms. The number of amides is 3. The van der Waals surface area contributed by atoms with Crippen LogP contribution in [0.25, 0.3) is 0 Å². The molecule has 230 valence electrons. The molecule has 0 aliphatic heterocycles. The number of nitrogens with one attached hydrogen (secondary N) is 3. The Morgan fingerprint density at radius 2 is 1.51 bits per heavy atom. The molecule has 1 aliphatic carbocycles. The van der Waals surface area contributed by atoms with E-state index in [1.54, 1.807) is 30.3 Å². The smallest absolute Gasteiger partial charge is 0.404 e. The third-order valence-corrected chi connectivity index (χ3v) is 7.06. The predicted molar refractivity (Wildman–Crippen MR) is 144 cm³/mol. The lowest BCUT2D eigenvalue weighted by Gasteiger charge is -2.37. The van der Waals surface area contributed by atoms with Crippen LogP contribution in [-0.2, 0) is 22.9 Å². The second-order valence-electron chi connectivity index (χ2n) is 10.3. The van der Waals surface area contributed by atoms with Gasteiger partial charge in [-0.2, -0.15) is 13.2 Å². The molecule has 1 unspecified atom stereocenters. The van der Waals surface area contributed by atoms with Gasteiger partial charge in [0.25, 0.3) is 0 Å². The number of anilines is 1. The molecule has 0 saturated heterocycles. The zero-order valence-electron chi connectivity index (χ0n) is 22.8. The average molecular weight is 612 g/mol. The number of halogens is 7. The molecule has 4 rings (SSSR count). The monoisotopic (exact) mass is 611 g/mol. The Morgan fingerprint density at radius 1 is 0.860 bits per heavy atom. The van der Waals surface area contributed by atoms with Gasteiger partial charge in [-0.25, -0.2) is 9.18 Å². The summed E-state index contributed by atoms with van der Waals surface area (Å²) in [5.74, 6) is -2.88. The number of rotatable bonds is 8. The van der Waals surface area contributed by atoms with Gasteiger partial charge in [0.05, 0.1) is 16.8 Å². The number of carbonyl (C=O) groups excluding carboxylic acids is 2. The van der Waals surface area contributed by atoms with Gasteiger partial charge in [0.2, 0.25) is 5.91 Å². The molecule has 0 radical (unpaired) electrons. The molecule has 0 spiro atoms. The van der Waals surface area contributed by atoms with Crippen molar-refractivity contribution in [2.24, 2.45) is 0 Å². The second kappa shape index (κ2) is 12.5. The maximum absolute atomic E-state index is 14.9. The van der Waals surface area contributed by atoms with Crippen LogP contribution in [0.3, 0.4) is 0 Å². The van der Waals surface area contributed by atoms with Gasteiger partial charge in [0.15, 0.2) is 5.75 Å². The molecule has 3 amide bonds. The maximum atomic E-state index is 14.9. The second-order valence-corrected chi connectivity index (χ2v) is 10.3. The van der Waals surface area contributed by atoms with E-state index in [0.29, 0.717) is 24.5 Å². The number of hydrogen-bond donors (Lipinski definition) is 3. The summed E-state index contributed by atoms with van der Waals surface area (Å²) < 4.78 is 101. The first-order valence-electron chi connectivity index (χ1n) is 13.3. The quantitative estimate of drug-likeness (QED) is 0.232. The molecule has 43 heavy (non-hydrogen) atoms. The lowest BCUT2D eigenvalue weighted by atomic mass is 9.77. The Balaban J connectivity index is 1.99. The van der Waals surface area contributed by atoms with Crippen LogP contribution in [0.5, 0.6) is 5.75 Å². The highest BCUT2D eigenvalue weighted by atomic mass is 19.4. The number of carbonyl (C=O) groups is 2. The summed E-state index contributed by atoms with van der Waals surface area (Å²) in [4.78, 5) is 25.1. The van der Waals surface area contributed by atoms with E-state index < -0.39 is 47.1 Å². The van der Waals surface area contributed by atoms with Gasteiger partial charge in [0.1, 0.15) is 5.82 Å². The molecule has 1 aliphatic rings. The lowest BCUT2D eigenvalue weighted by Crippen LogP contribution is -2.53. The summed E-state index contributed by atoms with van der Waals surface area (Å²) in [5.41, 5.74) is -3.87. The molecular formula is C30H28F7N3O3. The minimum Gasteiger partial charge on any atom is -0.404 e. The van der Waals surface area contributed by atoms with Crippen LogP contribution in [0.4, 0.5) is 41.2 Å². The normalized spacial score (nSPS) is 15.4. The molecular weight excluding hydrogens is 583 g/mol. The van der Waals surface area contributed by atoms with Crippen LogP contribution < -0.4 is 20.7 Å². The molecule has 3 aromatic rings. The van der Waals surface area contributed by atoms with E-state index in [1.807, 2.05) is 0 Å². The summed E-state index contributed by atoms with van der Waals surface area (Å²) in [5, 5.41) is 7.68. The Morgan fingerprint density at radius 3 is 2.12 bits per heavy atom. The summed E-state index contributed by atoms with van der Waals surface area (Å²) in [6.07, 6.45) is -7.48. The number of hydrogen-bond acceptors (Lipinski definition) is 3. The number of benzene rings is 3. The van der Waals surface area contributed by atoms with Crippen LogP contribution in [0, 0.1) is 5.82 Å². The Labute approximate surface area is 242 Å². The molecule has 1 atom stereocenters. The van der Waals surface area contributed by atoms with E-state index in [1.165, 1.54) is 6.07 Å². The highest BCUT2D eigenvalue weighted by Gasteiger charge is 2.41. The van der Waals surface area contributed by atoms with E-state index in [0.717, 1.165) is 38.0 Å². The first-order chi connectivity index (χ1) is 20.1. The molecule has 3 N–H and O–H groups in total. The Hall–Kier alpha value is -4.29. The summed E-state index contributed by atoms with van der Waals surface area (Å²) >= 11 is 0. The Bertz CT molecular complexity index is 1460. The van der Waals surface area contributed by atoms with Crippen molar-refractivity contribution in [2.75, 3.05) is 5.32 Å². The fourth-order valence-electron chi connectivity index (χ4n) is 5.24. The largest absolute Gasteiger partial charge is 0.573 e. The molecule has 1 saturated carbocycles. The standard InChI is InChI=1S/C30H28F7N3O3/c1-18(41)38-25-12-11-20(16-26(25)43-30(35,36)37)28(17-19-7-3-2-4-8-19,40-27(42)39-24-9-5-6-10-24)21-13-22(29(32,33)34)15-23(31)14-21/h2-4,7-8,11-16,24H,5-6,9-10,17H2,1H3,(H,38,41)(H2,39,40,42). The highest BCUT2D eigenvalue weighted by Crippen LogP contribution is 2.41. The van der Waals surface area contributed by atoms with Gasteiger partial charge in [-0.3, -0.25) is 4.79 Å². The minimum absolute atomic E-state index is 0.162. The van der Waals surface area contributed by atoms with Crippen molar-refractivity contribution in [3.05, 3.63) is 94.8 Å². The van der Waals surface area contributed by atoms with E-state index in [-0.39, 0.29) is 35.3 Å². The average Bonchev–Trinajstić information content (AvgIpc) is 3.41. The van der Waals surface area contributed by atoms with E-state index in [4.69, 9.17) is 0 Å². The first-order valence-corrected chi connectivity index (χ1v) is 13.3. The molecule has 3 aromatic carbocycles. The van der Waals surface area contributed by atoms with Crippen molar-refractivity contribution in [1.82, 2.24) is 10.6 Å². The third kappa shape index (κ3) is 8.17. The van der Waals surface area contributed by atoms with Crippen molar-refractivity contribution in [3.8, 4) is 5.75 Å². The molecule has 0 heterocycles. The van der Waals surface area contributed by atoms with Crippen LogP contribution >= 0.6 is 0 Å². The number of urea groups is 1. The summed E-state index contributed by atoms with van der Waals surface area (Å²) in [7, 11) is 0. The van der Waals surface area contributed by atoms with Crippen LogP contribution in [0.2, 0.25) is 0 Å². The van der Waals surface area contributed by atoms with Gasteiger partial charge in [-0.15, -0.1) is 13.2 Å². The van der Waals surface area contributed by atoms with Gasteiger partial charge in [-0.1, -0.05) is 49.2 Å². The van der Waals surface area contributed by atoms with E-state index in [2.05, 4.69) is 20.7 Å². The van der Waals surface area contributed by atoms with Gasteiger partial charge < -0.3 is 20.7 Å². The SMILES string of the molecule is CC(=O)Nc1ccc(C(Cc2ccccc2)(NC(=O)NC2CCCC2)c2cc(F)cc(C(F)(F)F)c2)cc1OC(F)(F)F.